The van der Waals surface area contributed by atoms with Crippen LogP contribution >= 0.6 is 11.8 Å². The van der Waals surface area contributed by atoms with Crippen molar-refractivity contribution in [2.45, 2.75) is 19.2 Å². The largest absolute Gasteiger partial charge is 0.493 e. The number of methoxy groups -OCH3 is 2. The van der Waals surface area contributed by atoms with E-state index in [-0.39, 0.29) is 11.4 Å². The minimum Gasteiger partial charge on any atom is -0.493 e. The summed E-state index contributed by atoms with van der Waals surface area (Å²) in [5, 5.41) is 2.94. The fraction of sp³-hybridized carbons (Fsp3) is 0.350. The lowest BCUT2D eigenvalue weighted by Gasteiger charge is -2.26. The van der Waals surface area contributed by atoms with Crippen LogP contribution < -0.4 is 14.8 Å². The summed E-state index contributed by atoms with van der Waals surface area (Å²) in [5.74, 6) is 2.23. The lowest BCUT2D eigenvalue weighted by molar-refractivity contribution is 0.213. The van der Waals surface area contributed by atoms with E-state index >= 15 is 0 Å². The maximum absolute atomic E-state index is 12.9. The zero-order chi connectivity index (χ0) is 18.7. The number of thioether (sulfide) groups is 1. The van der Waals surface area contributed by atoms with E-state index in [4.69, 9.17) is 9.47 Å². The molecule has 138 valence electrons. The predicted molar refractivity (Wildman–Crippen MR) is 106 cm³/mol. The van der Waals surface area contributed by atoms with Crippen molar-refractivity contribution in [3.8, 4) is 11.5 Å². The van der Waals surface area contributed by atoms with Crippen molar-refractivity contribution in [2.24, 2.45) is 0 Å². The number of aryl methyl sites for hydroxylation is 2. The molecule has 1 aliphatic heterocycles. The highest BCUT2D eigenvalue weighted by atomic mass is 32.2. The summed E-state index contributed by atoms with van der Waals surface area (Å²) in [6.07, 6.45) is 0. The Morgan fingerprint density at radius 3 is 2.69 bits per heavy atom. The number of ether oxygens (including phenoxy) is 2. The van der Waals surface area contributed by atoms with Crippen LogP contribution in [0, 0.1) is 13.8 Å². The van der Waals surface area contributed by atoms with Gasteiger partial charge in [0.25, 0.3) is 0 Å². The van der Waals surface area contributed by atoms with Gasteiger partial charge in [-0.1, -0.05) is 29.8 Å². The van der Waals surface area contributed by atoms with Gasteiger partial charge in [0.2, 0.25) is 0 Å². The van der Waals surface area contributed by atoms with Crippen LogP contribution in [0.1, 0.15) is 22.1 Å². The molecular formula is C20H24N2O3S. The Morgan fingerprint density at radius 1 is 1.19 bits per heavy atom. The first kappa shape index (κ1) is 18.5. The summed E-state index contributed by atoms with van der Waals surface area (Å²) in [6, 6.07) is 11.7. The van der Waals surface area contributed by atoms with E-state index in [9.17, 15) is 4.79 Å². The van der Waals surface area contributed by atoms with Crippen LogP contribution in [0.4, 0.5) is 10.5 Å². The molecule has 0 aliphatic carbocycles. The normalized spacial score (nSPS) is 16.5. The average molecular weight is 372 g/mol. The van der Waals surface area contributed by atoms with Crippen LogP contribution in [0.5, 0.6) is 11.5 Å². The first-order valence-electron chi connectivity index (χ1n) is 8.52. The van der Waals surface area contributed by atoms with Gasteiger partial charge < -0.3 is 19.7 Å². The number of amides is 2. The van der Waals surface area contributed by atoms with Crippen LogP contribution in [0.25, 0.3) is 0 Å². The molecule has 6 heteroatoms. The molecule has 2 amide bonds. The van der Waals surface area contributed by atoms with Crippen molar-refractivity contribution in [1.29, 1.82) is 0 Å². The summed E-state index contributed by atoms with van der Waals surface area (Å²) < 4.78 is 11.0. The van der Waals surface area contributed by atoms with Crippen molar-refractivity contribution < 1.29 is 14.3 Å². The van der Waals surface area contributed by atoms with Crippen LogP contribution in [-0.4, -0.2) is 37.4 Å². The molecule has 3 rings (SSSR count). The number of rotatable bonds is 4. The number of anilines is 1. The zero-order valence-corrected chi connectivity index (χ0v) is 16.4. The molecule has 1 heterocycles. The maximum Gasteiger partial charge on any atom is 0.323 e. The van der Waals surface area contributed by atoms with Crippen molar-refractivity contribution >= 4 is 23.5 Å². The van der Waals surface area contributed by atoms with Crippen LogP contribution in [0.15, 0.2) is 36.4 Å². The Bertz CT molecular complexity index is 810. The number of benzene rings is 2. The molecule has 0 radical (unpaired) electrons. The summed E-state index contributed by atoms with van der Waals surface area (Å²) in [4.78, 5) is 14.8. The number of para-hydroxylation sites is 1. The minimum absolute atomic E-state index is 0.100. The zero-order valence-electron chi connectivity index (χ0n) is 15.5. The maximum atomic E-state index is 12.9. The SMILES string of the molecule is COc1cccc([C@H]2SCCN2C(=O)Nc2ccc(C)cc2C)c1OC. The van der Waals surface area contributed by atoms with E-state index in [1.54, 1.807) is 26.0 Å². The standard InChI is InChI=1S/C20H24N2O3S/c1-13-8-9-16(14(2)12-13)21-20(23)22-10-11-26-19(22)15-6-5-7-17(24-3)18(15)25-4/h5-9,12,19H,10-11H2,1-4H3,(H,21,23)/t19-/m1/s1. The van der Waals surface area contributed by atoms with E-state index in [2.05, 4.69) is 11.4 Å². The quantitative estimate of drug-likeness (QED) is 0.852. The van der Waals surface area contributed by atoms with Gasteiger partial charge in [-0.05, 0) is 31.5 Å². The average Bonchev–Trinajstić information content (AvgIpc) is 3.12. The number of nitrogens with one attached hydrogen (secondary N) is 1. The van der Waals surface area contributed by atoms with E-state index in [1.165, 1.54) is 5.56 Å². The minimum atomic E-state index is -0.106. The van der Waals surface area contributed by atoms with Crippen molar-refractivity contribution in [1.82, 2.24) is 4.90 Å². The van der Waals surface area contributed by atoms with Crippen LogP contribution in [0.2, 0.25) is 0 Å². The first-order valence-corrected chi connectivity index (χ1v) is 9.57. The molecule has 0 saturated carbocycles. The fourth-order valence-electron chi connectivity index (χ4n) is 3.18. The molecule has 1 fully saturated rings. The highest BCUT2D eigenvalue weighted by Gasteiger charge is 2.33. The molecule has 0 spiro atoms. The number of carbonyl (C=O) groups is 1. The molecule has 0 unspecified atom stereocenters. The third-order valence-electron chi connectivity index (χ3n) is 4.47. The molecule has 5 nitrogen and oxygen atoms in total. The lowest BCUT2D eigenvalue weighted by atomic mass is 10.1. The van der Waals surface area contributed by atoms with Crippen molar-refractivity contribution in [3.63, 3.8) is 0 Å². The molecule has 1 aliphatic rings. The van der Waals surface area contributed by atoms with Crippen LogP contribution in [0.3, 0.4) is 0 Å². The second-order valence-electron chi connectivity index (χ2n) is 6.25. The Labute approximate surface area is 158 Å². The molecular weight excluding hydrogens is 348 g/mol. The third kappa shape index (κ3) is 3.60. The molecule has 2 aromatic carbocycles. The van der Waals surface area contributed by atoms with Gasteiger partial charge in [-0.15, -0.1) is 11.8 Å². The second-order valence-corrected chi connectivity index (χ2v) is 7.44. The van der Waals surface area contributed by atoms with E-state index in [0.29, 0.717) is 18.0 Å². The number of hydrogen-bond acceptors (Lipinski definition) is 4. The van der Waals surface area contributed by atoms with Crippen molar-refractivity contribution in [3.05, 3.63) is 53.1 Å². The highest BCUT2D eigenvalue weighted by molar-refractivity contribution is 7.99. The van der Waals surface area contributed by atoms with Gasteiger partial charge in [0.05, 0.1) is 14.2 Å². The predicted octanol–water partition coefficient (Wildman–Crippen LogP) is 4.60. The first-order chi connectivity index (χ1) is 12.5. The topological polar surface area (TPSA) is 50.8 Å². The Morgan fingerprint density at radius 2 is 2.00 bits per heavy atom. The van der Waals surface area contributed by atoms with Gasteiger partial charge in [0.1, 0.15) is 5.37 Å². The number of hydrogen-bond donors (Lipinski definition) is 1. The monoisotopic (exact) mass is 372 g/mol. The van der Waals surface area contributed by atoms with Gasteiger partial charge in [0, 0.05) is 23.5 Å². The summed E-state index contributed by atoms with van der Waals surface area (Å²) in [7, 11) is 3.25. The summed E-state index contributed by atoms with van der Waals surface area (Å²) in [6.45, 7) is 4.73. The molecule has 1 N–H and O–H groups in total. The molecule has 1 atom stereocenters. The summed E-state index contributed by atoms with van der Waals surface area (Å²) >= 11 is 1.73. The smallest absolute Gasteiger partial charge is 0.323 e. The van der Waals surface area contributed by atoms with Crippen molar-refractivity contribution in [2.75, 3.05) is 31.8 Å². The number of nitrogens with zero attached hydrogens (tertiary/aromatic N) is 1. The lowest BCUT2D eigenvalue weighted by Crippen LogP contribution is -2.34. The van der Waals surface area contributed by atoms with Gasteiger partial charge in [0.15, 0.2) is 11.5 Å². The number of carbonyl (C=O) groups excluding carboxylic acids is 1. The molecule has 1 saturated heterocycles. The van der Waals surface area contributed by atoms with Crippen LogP contribution in [-0.2, 0) is 0 Å². The van der Waals surface area contributed by atoms with E-state index in [1.807, 2.05) is 49.1 Å². The van der Waals surface area contributed by atoms with E-state index < -0.39 is 0 Å². The van der Waals surface area contributed by atoms with Gasteiger partial charge >= 0.3 is 6.03 Å². The third-order valence-corrected chi connectivity index (χ3v) is 5.72. The van der Waals surface area contributed by atoms with Gasteiger partial charge in [-0.25, -0.2) is 4.79 Å². The molecule has 26 heavy (non-hydrogen) atoms. The number of urea groups is 1. The molecule has 2 aromatic rings. The van der Waals surface area contributed by atoms with Gasteiger partial charge in [-0.2, -0.15) is 0 Å². The fourth-order valence-corrected chi connectivity index (χ4v) is 4.45. The molecule has 0 aromatic heterocycles. The Hall–Kier alpha value is -2.34. The Balaban J connectivity index is 1.85. The van der Waals surface area contributed by atoms with E-state index in [0.717, 1.165) is 22.6 Å². The second kappa shape index (κ2) is 7.91. The Kier molecular flexibility index (Phi) is 5.61. The van der Waals surface area contributed by atoms with Gasteiger partial charge in [-0.3, -0.25) is 0 Å². The summed E-state index contributed by atoms with van der Waals surface area (Å²) in [5.41, 5.74) is 4.02. The molecule has 0 bridgehead atoms. The highest BCUT2D eigenvalue weighted by Crippen LogP contribution is 2.45.